The van der Waals surface area contributed by atoms with Crippen LogP contribution in [0.3, 0.4) is 0 Å². The largest absolute Gasteiger partial charge is 0.478 e. The molecule has 1 aliphatic heterocycles. The van der Waals surface area contributed by atoms with Crippen LogP contribution in [0.4, 0.5) is 10.1 Å². The van der Waals surface area contributed by atoms with E-state index >= 15 is 0 Å². The lowest BCUT2D eigenvalue weighted by atomic mass is 10.1. The number of nitrogens with zero attached hydrogens (tertiary/aromatic N) is 1. The van der Waals surface area contributed by atoms with Gasteiger partial charge in [0.05, 0.1) is 33.8 Å². The molecule has 2 rings (SSSR count). The Hall–Kier alpha value is -1.67. The lowest BCUT2D eigenvalue weighted by Gasteiger charge is -2.20. The van der Waals surface area contributed by atoms with Crippen LogP contribution < -0.4 is 4.90 Å². The molecule has 1 amide bonds. The molecule has 0 radical (unpaired) electrons. The first kappa shape index (κ1) is 16.7. The number of aromatic carboxylic acids is 1. The predicted molar refractivity (Wildman–Crippen MR) is 78.5 cm³/mol. The zero-order chi connectivity index (χ0) is 16.6. The molecule has 6 nitrogen and oxygen atoms in total. The molecule has 1 unspecified atom stereocenters. The van der Waals surface area contributed by atoms with E-state index in [0.29, 0.717) is 0 Å². The number of carboxylic acid groups (broad SMARTS) is 1. The van der Waals surface area contributed by atoms with Crippen LogP contribution in [0.25, 0.3) is 0 Å². The van der Waals surface area contributed by atoms with Crippen molar-refractivity contribution in [1.82, 2.24) is 0 Å². The van der Waals surface area contributed by atoms with Crippen LogP contribution in [0.5, 0.6) is 0 Å². The van der Waals surface area contributed by atoms with E-state index in [0.717, 1.165) is 11.0 Å². The van der Waals surface area contributed by atoms with E-state index in [-0.39, 0.29) is 22.5 Å². The molecular formula is C13H10BrClFNO5. The Morgan fingerprint density at radius 3 is 2.73 bits per heavy atom. The first-order valence-corrected chi connectivity index (χ1v) is 7.24. The molecule has 1 N–H and O–H groups in total. The minimum absolute atomic E-state index is 0.130. The lowest BCUT2D eigenvalue weighted by Crippen LogP contribution is -2.29. The van der Waals surface area contributed by atoms with E-state index in [4.69, 9.17) is 11.6 Å². The number of ether oxygens (including phenoxy) is 1. The van der Waals surface area contributed by atoms with Gasteiger partial charge >= 0.3 is 11.9 Å². The fourth-order valence-corrected chi connectivity index (χ4v) is 2.75. The van der Waals surface area contributed by atoms with Gasteiger partial charge in [-0.1, -0.05) is 11.6 Å². The van der Waals surface area contributed by atoms with E-state index in [1.165, 1.54) is 7.11 Å². The van der Waals surface area contributed by atoms with Crippen molar-refractivity contribution in [1.29, 1.82) is 0 Å². The van der Waals surface area contributed by atoms with E-state index in [1.54, 1.807) is 0 Å². The number of hydrogen-bond donors (Lipinski definition) is 1. The summed E-state index contributed by atoms with van der Waals surface area (Å²) in [6, 6.07) is 1.05. The zero-order valence-electron chi connectivity index (χ0n) is 11.2. The number of carboxylic acids is 1. The summed E-state index contributed by atoms with van der Waals surface area (Å²) in [6.45, 7) is -0.156. The SMILES string of the molecule is COC(=O)C1CC(=O)N(c2c(C(=O)O)cc(Cl)c(Br)c2F)C1. The topological polar surface area (TPSA) is 83.9 Å². The second kappa shape index (κ2) is 6.21. The number of hydrogen-bond acceptors (Lipinski definition) is 4. The van der Waals surface area contributed by atoms with Gasteiger partial charge in [-0.05, 0) is 22.0 Å². The summed E-state index contributed by atoms with van der Waals surface area (Å²) < 4.78 is 18.8. The van der Waals surface area contributed by atoms with Gasteiger partial charge in [0.2, 0.25) is 5.91 Å². The Morgan fingerprint density at radius 1 is 1.55 bits per heavy atom. The molecule has 1 aromatic rings. The van der Waals surface area contributed by atoms with Gasteiger partial charge in [-0.3, -0.25) is 9.59 Å². The Labute approximate surface area is 137 Å². The molecule has 0 spiro atoms. The molecular weight excluding hydrogens is 384 g/mol. The van der Waals surface area contributed by atoms with Crippen molar-refractivity contribution in [3.05, 3.63) is 26.9 Å². The smallest absolute Gasteiger partial charge is 0.337 e. The van der Waals surface area contributed by atoms with E-state index in [1.807, 2.05) is 0 Å². The molecule has 1 aliphatic rings. The first-order valence-electron chi connectivity index (χ1n) is 6.06. The normalized spacial score (nSPS) is 17.7. The summed E-state index contributed by atoms with van der Waals surface area (Å²) in [7, 11) is 1.18. The zero-order valence-corrected chi connectivity index (χ0v) is 13.6. The maximum Gasteiger partial charge on any atom is 0.337 e. The fraction of sp³-hybridized carbons (Fsp3) is 0.308. The highest BCUT2D eigenvalue weighted by Crippen LogP contribution is 2.38. The van der Waals surface area contributed by atoms with Crippen LogP contribution in [0.2, 0.25) is 5.02 Å². The number of amides is 1. The van der Waals surface area contributed by atoms with Crippen molar-refractivity contribution in [2.45, 2.75) is 6.42 Å². The van der Waals surface area contributed by atoms with E-state index in [2.05, 4.69) is 20.7 Å². The maximum atomic E-state index is 14.4. The molecule has 22 heavy (non-hydrogen) atoms. The molecule has 1 aromatic carbocycles. The molecule has 1 heterocycles. The van der Waals surface area contributed by atoms with Crippen molar-refractivity contribution in [2.75, 3.05) is 18.6 Å². The number of benzene rings is 1. The van der Waals surface area contributed by atoms with Gasteiger partial charge in [-0.2, -0.15) is 0 Å². The average molecular weight is 395 g/mol. The predicted octanol–water partition coefficient (Wildman–Crippen LogP) is 2.47. The summed E-state index contributed by atoms with van der Waals surface area (Å²) in [5.41, 5.74) is -0.871. The fourth-order valence-electron chi connectivity index (χ4n) is 2.26. The Morgan fingerprint density at radius 2 is 2.18 bits per heavy atom. The van der Waals surface area contributed by atoms with E-state index < -0.39 is 40.8 Å². The van der Waals surface area contributed by atoms with E-state index in [9.17, 15) is 23.9 Å². The molecule has 0 aliphatic carbocycles. The summed E-state index contributed by atoms with van der Waals surface area (Å²) in [5, 5.41) is 9.07. The molecule has 0 aromatic heterocycles. The minimum Gasteiger partial charge on any atom is -0.478 e. The Kier molecular flexibility index (Phi) is 4.72. The standard InChI is InChI=1S/C13H10BrClFNO5/c1-22-13(21)5-2-8(18)17(4-5)11-6(12(19)20)3-7(15)9(14)10(11)16/h3,5H,2,4H2,1H3,(H,19,20). The van der Waals surface area contributed by atoms with Crippen molar-refractivity contribution in [3.63, 3.8) is 0 Å². The van der Waals surface area contributed by atoms with Crippen molar-refractivity contribution >= 4 is 51.1 Å². The summed E-state index contributed by atoms with van der Waals surface area (Å²) in [4.78, 5) is 35.8. The third-order valence-corrected chi connectivity index (χ3v) is 4.60. The summed E-state index contributed by atoms with van der Waals surface area (Å²) in [6.07, 6.45) is -0.175. The third-order valence-electron chi connectivity index (χ3n) is 3.30. The minimum atomic E-state index is -1.43. The van der Waals surface area contributed by atoms with Gasteiger partial charge in [0, 0.05) is 13.0 Å². The van der Waals surface area contributed by atoms with Gasteiger partial charge in [-0.25, -0.2) is 9.18 Å². The van der Waals surface area contributed by atoms with Gasteiger partial charge in [0.1, 0.15) is 0 Å². The Balaban J connectivity index is 2.53. The van der Waals surface area contributed by atoms with Crippen molar-refractivity contribution in [3.8, 4) is 0 Å². The molecule has 9 heteroatoms. The number of rotatable bonds is 3. The van der Waals surface area contributed by atoms with Crippen LogP contribution in [0.1, 0.15) is 16.8 Å². The maximum absolute atomic E-state index is 14.4. The molecule has 0 bridgehead atoms. The van der Waals surface area contributed by atoms with Gasteiger partial charge < -0.3 is 14.7 Å². The highest BCUT2D eigenvalue weighted by atomic mass is 79.9. The quantitative estimate of drug-likeness (QED) is 0.629. The Bertz CT molecular complexity index is 681. The van der Waals surface area contributed by atoms with Crippen molar-refractivity contribution < 1.29 is 28.6 Å². The number of anilines is 1. The van der Waals surface area contributed by atoms with Crippen LogP contribution in [0, 0.1) is 11.7 Å². The molecule has 1 atom stereocenters. The number of esters is 1. The van der Waals surface area contributed by atoms with Gasteiger partial charge in [0.25, 0.3) is 0 Å². The highest BCUT2D eigenvalue weighted by Gasteiger charge is 2.39. The number of halogens is 3. The molecule has 1 saturated heterocycles. The lowest BCUT2D eigenvalue weighted by molar-refractivity contribution is -0.145. The van der Waals surface area contributed by atoms with Crippen LogP contribution in [-0.2, 0) is 14.3 Å². The monoisotopic (exact) mass is 393 g/mol. The second-order valence-electron chi connectivity index (χ2n) is 4.62. The summed E-state index contributed by atoms with van der Waals surface area (Å²) in [5.74, 6) is -4.35. The molecule has 1 fully saturated rings. The summed E-state index contributed by atoms with van der Waals surface area (Å²) >= 11 is 8.66. The van der Waals surface area contributed by atoms with Gasteiger partial charge in [0.15, 0.2) is 5.82 Å². The molecule has 0 saturated carbocycles. The van der Waals surface area contributed by atoms with Crippen LogP contribution in [-0.4, -0.2) is 36.6 Å². The van der Waals surface area contributed by atoms with Crippen LogP contribution in [0.15, 0.2) is 10.5 Å². The van der Waals surface area contributed by atoms with Crippen LogP contribution >= 0.6 is 27.5 Å². The molecule has 118 valence electrons. The highest BCUT2D eigenvalue weighted by molar-refractivity contribution is 9.10. The second-order valence-corrected chi connectivity index (χ2v) is 5.82. The number of carbonyl (C=O) groups is 3. The van der Waals surface area contributed by atoms with Gasteiger partial charge in [-0.15, -0.1) is 0 Å². The third kappa shape index (κ3) is 2.80. The first-order chi connectivity index (χ1) is 10.3. The van der Waals surface area contributed by atoms with Crippen molar-refractivity contribution in [2.24, 2.45) is 5.92 Å². The number of methoxy groups -OCH3 is 1. The average Bonchev–Trinajstić information content (AvgIpc) is 2.85. The number of carbonyl (C=O) groups excluding carboxylic acids is 2.